The zero-order valence-electron chi connectivity index (χ0n) is 17.5. The molecule has 0 atom stereocenters. The number of benzene rings is 3. The molecule has 1 N–H and O–H groups in total. The molecule has 4 rings (SSSR count). The molecule has 0 saturated heterocycles. The lowest BCUT2D eigenvalue weighted by molar-refractivity contribution is -0.118. The number of fused-ring (bicyclic) bond motifs is 1. The number of rotatable bonds is 6. The van der Waals surface area contributed by atoms with Gasteiger partial charge in [-0.2, -0.15) is 4.31 Å². The van der Waals surface area contributed by atoms with Crippen LogP contribution in [0.25, 0.3) is 0 Å². The second-order valence-corrected chi connectivity index (χ2v) is 9.57. The van der Waals surface area contributed by atoms with Gasteiger partial charge in [-0.05, 0) is 72.5 Å². The largest absolute Gasteiger partial charge is 0.483 e. The molecule has 0 radical (unpaired) electrons. The number of halogens is 1. The van der Waals surface area contributed by atoms with E-state index < -0.39 is 15.8 Å². The molecule has 1 aliphatic rings. The van der Waals surface area contributed by atoms with Crippen LogP contribution in [0.3, 0.4) is 0 Å². The van der Waals surface area contributed by atoms with Crippen LogP contribution in [-0.2, 0) is 27.8 Å². The Morgan fingerprint density at radius 2 is 1.81 bits per heavy atom. The molecule has 0 aromatic heterocycles. The van der Waals surface area contributed by atoms with E-state index in [9.17, 15) is 17.6 Å². The van der Waals surface area contributed by atoms with E-state index in [0.717, 1.165) is 28.8 Å². The van der Waals surface area contributed by atoms with E-state index in [-0.39, 0.29) is 24.0 Å². The second kappa shape index (κ2) is 9.10. The number of nitrogens with zero attached hydrogens (tertiary/aromatic N) is 1. The summed E-state index contributed by atoms with van der Waals surface area (Å²) in [5.74, 6) is -0.144. The predicted molar refractivity (Wildman–Crippen MR) is 119 cm³/mol. The van der Waals surface area contributed by atoms with Gasteiger partial charge in [0, 0.05) is 18.8 Å². The Labute approximate surface area is 186 Å². The lowest BCUT2D eigenvalue weighted by Gasteiger charge is -2.28. The molecule has 1 aliphatic heterocycles. The van der Waals surface area contributed by atoms with Crippen LogP contribution in [0, 0.1) is 12.7 Å². The van der Waals surface area contributed by atoms with Gasteiger partial charge in [-0.25, -0.2) is 12.8 Å². The van der Waals surface area contributed by atoms with Gasteiger partial charge in [-0.3, -0.25) is 4.79 Å². The third-order valence-corrected chi connectivity index (χ3v) is 7.23. The van der Waals surface area contributed by atoms with Crippen molar-refractivity contribution in [2.45, 2.75) is 24.8 Å². The molecule has 0 saturated carbocycles. The van der Waals surface area contributed by atoms with Crippen LogP contribution in [0.2, 0.25) is 0 Å². The van der Waals surface area contributed by atoms with Crippen molar-refractivity contribution in [3.05, 3.63) is 89.2 Å². The van der Waals surface area contributed by atoms with Gasteiger partial charge in [0.1, 0.15) is 11.6 Å². The van der Waals surface area contributed by atoms with Crippen molar-refractivity contribution in [3.63, 3.8) is 0 Å². The van der Waals surface area contributed by atoms with E-state index in [1.165, 1.54) is 16.4 Å². The summed E-state index contributed by atoms with van der Waals surface area (Å²) in [6, 6.07) is 17.7. The number of nitrogens with one attached hydrogen (secondary N) is 1. The summed E-state index contributed by atoms with van der Waals surface area (Å²) in [7, 11) is -3.74. The van der Waals surface area contributed by atoms with Crippen molar-refractivity contribution < 1.29 is 22.3 Å². The predicted octanol–water partition coefficient (Wildman–Crippen LogP) is 3.90. The maximum absolute atomic E-state index is 13.2. The van der Waals surface area contributed by atoms with Crippen LogP contribution in [-0.4, -0.2) is 31.8 Å². The van der Waals surface area contributed by atoms with Gasteiger partial charge in [0.15, 0.2) is 6.61 Å². The topological polar surface area (TPSA) is 75.7 Å². The van der Waals surface area contributed by atoms with Gasteiger partial charge in [0.2, 0.25) is 10.0 Å². The van der Waals surface area contributed by atoms with Gasteiger partial charge >= 0.3 is 0 Å². The number of anilines is 1. The monoisotopic (exact) mass is 454 g/mol. The number of sulfonamides is 1. The molecule has 32 heavy (non-hydrogen) atoms. The van der Waals surface area contributed by atoms with Crippen LogP contribution in [0.5, 0.6) is 5.75 Å². The third kappa shape index (κ3) is 4.81. The zero-order chi connectivity index (χ0) is 22.7. The molecule has 8 heteroatoms. The number of hydrogen-bond acceptors (Lipinski definition) is 4. The van der Waals surface area contributed by atoms with E-state index in [4.69, 9.17) is 4.74 Å². The SMILES string of the molecule is Cc1ccccc1OCC(=O)Nc1ccc2c(c1)CN(S(=O)(=O)c1ccc(F)cc1)CC2. The lowest BCUT2D eigenvalue weighted by Crippen LogP contribution is -2.36. The Balaban J connectivity index is 1.44. The summed E-state index contributed by atoms with van der Waals surface area (Å²) in [4.78, 5) is 12.4. The smallest absolute Gasteiger partial charge is 0.262 e. The quantitative estimate of drug-likeness (QED) is 0.613. The number of ether oxygens (including phenoxy) is 1. The highest BCUT2D eigenvalue weighted by Crippen LogP contribution is 2.27. The van der Waals surface area contributed by atoms with Gasteiger partial charge in [0.25, 0.3) is 5.91 Å². The molecular weight excluding hydrogens is 431 g/mol. The van der Waals surface area contributed by atoms with Crippen molar-refractivity contribution in [1.29, 1.82) is 0 Å². The maximum atomic E-state index is 13.2. The van der Waals surface area contributed by atoms with Crippen molar-refractivity contribution in [2.75, 3.05) is 18.5 Å². The Morgan fingerprint density at radius 3 is 2.56 bits per heavy atom. The van der Waals surface area contributed by atoms with Crippen LogP contribution in [0.1, 0.15) is 16.7 Å². The van der Waals surface area contributed by atoms with E-state index >= 15 is 0 Å². The molecule has 0 bridgehead atoms. The maximum Gasteiger partial charge on any atom is 0.262 e. The molecule has 3 aromatic carbocycles. The number of carbonyl (C=O) groups excluding carboxylic acids is 1. The van der Waals surface area contributed by atoms with Crippen LogP contribution in [0.15, 0.2) is 71.6 Å². The lowest BCUT2D eigenvalue weighted by atomic mass is 10.0. The van der Waals surface area contributed by atoms with Crippen molar-refractivity contribution in [3.8, 4) is 5.75 Å². The first-order chi connectivity index (χ1) is 15.3. The number of hydrogen-bond donors (Lipinski definition) is 1. The minimum absolute atomic E-state index is 0.0557. The minimum Gasteiger partial charge on any atom is -0.483 e. The summed E-state index contributed by atoms with van der Waals surface area (Å²) in [5, 5.41) is 2.80. The molecule has 3 aromatic rings. The summed E-state index contributed by atoms with van der Waals surface area (Å²) >= 11 is 0. The van der Waals surface area contributed by atoms with Crippen LogP contribution >= 0.6 is 0 Å². The molecule has 0 unspecified atom stereocenters. The van der Waals surface area contributed by atoms with Crippen molar-refractivity contribution in [1.82, 2.24) is 4.31 Å². The summed E-state index contributed by atoms with van der Waals surface area (Å²) in [5.41, 5.74) is 3.36. The first-order valence-electron chi connectivity index (χ1n) is 10.2. The first kappa shape index (κ1) is 22.0. The zero-order valence-corrected chi connectivity index (χ0v) is 18.4. The number of para-hydroxylation sites is 1. The van der Waals surface area contributed by atoms with Gasteiger partial charge < -0.3 is 10.1 Å². The van der Waals surface area contributed by atoms with E-state index in [1.54, 1.807) is 18.2 Å². The Hall–Kier alpha value is -3.23. The van der Waals surface area contributed by atoms with Crippen molar-refractivity contribution in [2.24, 2.45) is 0 Å². The average molecular weight is 455 g/mol. The molecule has 6 nitrogen and oxygen atoms in total. The second-order valence-electron chi connectivity index (χ2n) is 7.63. The Kier molecular flexibility index (Phi) is 6.25. The highest BCUT2D eigenvalue weighted by molar-refractivity contribution is 7.89. The molecule has 0 fully saturated rings. The molecule has 0 aliphatic carbocycles. The van der Waals surface area contributed by atoms with Crippen molar-refractivity contribution >= 4 is 21.6 Å². The third-order valence-electron chi connectivity index (χ3n) is 5.37. The average Bonchev–Trinajstić information content (AvgIpc) is 2.78. The summed E-state index contributed by atoms with van der Waals surface area (Å²) in [6.07, 6.45) is 0.556. The highest BCUT2D eigenvalue weighted by atomic mass is 32.2. The highest BCUT2D eigenvalue weighted by Gasteiger charge is 2.28. The standard InChI is InChI=1S/C24H23FN2O4S/c1-17-4-2-3-5-23(17)31-16-24(28)26-21-9-6-18-12-13-27(15-19(18)14-21)32(29,30)22-10-7-20(25)8-11-22/h2-11,14H,12-13,15-16H2,1H3,(H,26,28). The fraction of sp³-hybridized carbons (Fsp3) is 0.208. The molecule has 0 spiro atoms. The van der Waals surface area contributed by atoms with E-state index in [1.807, 2.05) is 31.2 Å². The molecular formula is C24H23FN2O4S. The molecule has 1 heterocycles. The fourth-order valence-electron chi connectivity index (χ4n) is 3.63. The van der Waals surface area contributed by atoms with E-state index in [0.29, 0.717) is 24.4 Å². The number of amides is 1. The van der Waals surface area contributed by atoms with Crippen LogP contribution in [0.4, 0.5) is 10.1 Å². The Bertz CT molecular complexity index is 1240. The summed E-state index contributed by atoms with van der Waals surface area (Å²) in [6.45, 7) is 2.29. The minimum atomic E-state index is -3.74. The van der Waals surface area contributed by atoms with E-state index in [2.05, 4.69) is 5.32 Å². The summed E-state index contributed by atoms with van der Waals surface area (Å²) < 4.78 is 46.0. The van der Waals surface area contributed by atoms with Crippen LogP contribution < -0.4 is 10.1 Å². The normalized spacial score (nSPS) is 13.9. The van der Waals surface area contributed by atoms with Gasteiger partial charge in [-0.1, -0.05) is 24.3 Å². The first-order valence-corrected chi connectivity index (χ1v) is 11.6. The Morgan fingerprint density at radius 1 is 1.06 bits per heavy atom. The molecule has 1 amide bonds. The van der Waals surface area contributed by atoms with Gasteiger partial charge in [-0.15, -0.1) is 0 Å². The fourth-order valence-corrected chi connectivity index (χ4v) is 5.05. The number of carbonyl (C=O) groups is 1. The molecule has 166 valence electrons. The number of aryl methyl sites for hydroxylation is 1. The van der Waals surface area contributed by atoms with Gasteiger partial charge in [0.05, 0.1) is 4.90 Å².